The number of carbonyl (C=O) groups is 1. The molecule has 0 saturated carbocycles. The van der Waals surface area contributed by atoms with Gasteiger partial charge in [0.15, 0.2) is 0 Å². The fourth-order valence-corrected chi connectivity index (χ4v) is 3.33. The quantitative estimate of drug-likeness (QED) is 0.727. The molecule has 1 N–H and O–H groups in total. The van der Waals surface area contributed by atoms with Crippen LogP contribution in [0.3, 0.4) is 0 Å². The summed E-state index contributed by atoms with van der Waals surface area (Å²) < 4.78 is 6.11. The van der Waals surface area contributed by atoms with Gasteiger partial charge in [0.1, 0.15) is 11.9 Å². The number of likely N-dealkylation sites (tertiary alicyclic amines) is 1. The summed E-state index contributed by atoms with van der Waals surface area (Å²) in [6.45, 7) is 7.31. The summed E-state index contributed by atoms with van der Waals surface area (Å²) in [6.07, 6.45) is 5.09. The van der Waals surface area contributed by atoms with Gasteiger partial charge in [-0.1, -0.05) is 36.4 Å². The summed E-state index contributed by atoms with van der Waals surface area (Å²) in [5.74, 6) is 0.742. The van der Waals surface area contributed by atoms with Crippen LogP contribution in [0.1, 0.15) is 28.8 Å². The highest BCUT2D eigenvalue weighted by Crippen LogP contribution is 2.20. The zero-order valence-corrected chi connectivity index (χ0v) is 15.8. The topological polar surface area (TPSA) is 41.6 Å². The molecule has 2 aromatic rings. The molecule has 142 valence electrons. The first-order chi connectivity index (χ1) is 13.2. The van der Waals surface area contributed by atoms with Crippen LogP contribution in [0.25, 0.3) is 0 Å². The van der Waals surface area contributed by atoms with E-state index in [1.807, 2.05) is 24.3 Å². The van der Waals surface area contributed by atoms with Crippen molar-refractivity contribution in [2.24, 2.45) is 0 Å². The third-order valence-corrected chi connectivity index (χ3v) is 4.92. The Balaban J connectivity index is 1.41. The zero-order valence-electron chi connectivity index (χ0n) is 15.8. The SMILES string of the molecule is C=CCNC(=O)c1ccc(OC2CCN(CCc3ccccc3)CC2)cc1. The van der Waals surface area contributed by atoms with Crippen LogP contribution in [-0.4, -0.2) is 43.1 Å². The molecule has 1 amide bonds. The lowest BCUT2D eigenvalue weighted by atomic mass is 10.1. The van der Waals surface area contributed by atoms with Crippen LogP contribution in [0.2, 0.25) is 0 Å². The van der Waals surface area contributed by atoms with E-state index in [1.54, 1.807) is 6.08 Å². The van der Waals surface area contributed by atoms with Gasteiger partial charge >= 0.3 is 0 Å². The molecular weight excluding hydrogens is 336 g/mol. The molecule has 0 aliphatic carbocycles. The third kappa shape index (κ3) is 5.97. The molecule has 0 bridgehead atoms. The number of hydrogen-bond donors (Lipinski definition) is 1. The Morgan fingerprint density at radius 2 is 1.81 bits per heavy atom. The van der Waals surface area contributed by atoms with E-state index in [2.05, 4.69) is 47.1 Å². The molecule has 4 heteroatoms. The summed E-state index contributed by atoms with van der Waals surface area (Å²) in [7, 11) is 0. The Morgan fingerprint density at radius 1 is 1.11 bits per heavy atom. The molecule has 2 aromatic carbocycles. The highest BCUT2D eigenvalue weighted by Gasteiger charge is 2.20. The Labute approximate surface area is 161 Å². The Hall–Kier alpha value is -2.59. The first-order valence-electron chi connectivity index (χ1n) is 9.66. The van der Waals surface area contributed by atoms with Gasteiger partial charge in [-0.05, 0) is 49.1 Å². The number of rotatable bonds is 8. The van der Waals surface area contributed by atoms with E-state index >= 15 is 0 Å². The second-order valence-electron chi connectivity index (χ2n) is 6.92. The van der Waals surface area contributed by atoms with Gasteiger partial charge in [0.25, 0.3) is 5.91 Å². The van der Waals surface area contributed by atoms with Gasteiger partial charge in [0.05, 0.1) is 0 Å². The lowest BCUT2D eigenvalue weighted by Crippen LogP contribution is -2.39. The van der Waals surface area contributed by atoms with Gasteiger partial charge < -0.3 is 15.0 Å². The molecule has 1 aliphatic rings. The second-order valence-corrected chi connectivity index (χ2v) is 6.92. The number of nitrogens with zero attached hydrogens (tertiary/aromatic N) is 1. The van der Waals surface area contributed by atoms with E-state index in [0.717, 1.165) is 44.6 Å². The highest BCUT2D eigenvalue weighted by atomic mass is 16.5. The average molecular weight is 364 g/mol. The predicted octanol–water partition coefficient (Wildman–Crippen LogP) is 3.69. The number of amides is 1. The minimum atomic E-state index is -0.0897. The minimum absolute atomic E-state index is 0.0897. The van der Waals surface area contributed by atoms with E-state index in [-0.39, 0.29) is 12.0 Å². The number of hydrogen-bond acceptors (Lipinski definition) is 3. The monoisotopic (exact) mass is 364 g/mol. The van der Waals surface area contributed by atoms with Crippen molar-refractivity contribution in [1.82, 2.24) is 10.2 Å². The number of carbonyl (C=O) groups excluding carboxylic acids is 1. The first kappa shape index (κ1) is 19.2. The zero-order chi connectivity index (χ0) is 18.9. The Morgan fingerprint density at radius 3 is 2.48 bits per heavy atom. The van der Waals surface area contributed by atoms with Gasteiger partial charge in [0, 0.05) is 31.7 Å². The van der Waals surface area contributed by atoms with E-state index in [0.29, 0.717) is 12.1 Å². The number of nitrogens with one attached hydrogen (secondary N) is 1. The van der Waals surface area contributed by atoms with Crippen LogP contribution in [-0.2, 0) is 6.42 Å². The molecule has 1 saturated heterocycles. The van der Waals surface area contributed by atoms with Crippen LogP contribution >= 0.6 is 0 Å². The van der Waals surface area contributed by atoms with Crippen molar-refractivity contribution in [2.75, 3.05) is 26.2 Å². The van der Waals surface area contributed by atoms with Crippen molar-refractivity contribution in [1.29, 1.82) is 0 Å². The average Bonchev–Trinajstić information content (AvgIpc) is 2.73. The number of benzene rings is 2. The second kappa shape index (κ2) is 9.93. The van der Waals surface area contributed by atoms with Crippen LogP contribution < -0.4 is 10.1 Å². The Kier molecular flexibility index (Phi) is 7.05. The van der Waals surface area contributed by atoms with Crippen LogP contribution in [0.5, 0.6) is 5.75 Å². The molecule has 0 aromatic heterocycles. The van der Waals surface area contributed by atoms with Crippen molar-refractivity contribution in [3.8, 4) is 5.75 Å². The summed E-state index contributed by atoms with van der Waals surface area (Å²) in [5.41, 5.74) is 2.04. The maximum absolute atomic E-state index is 11.9. The highest BCUT2D eigenvalue weighted by molar-refractivity contribution is 5.94. The van der Waals surface area contributed by atoms with Crippen molar-refractivity contribution in [3.63, 3.8) is 0 Å². The van der Waals surface area contributed by atoms with E-state index < -0.39 is 0 Å². The van der Waals surface area contributed by atoms with Gasteiger partial charge in [-0.25, -0.2) is 0 Å². The predicted molar refractivity (Wildman–Crippen MR) is 109 cm³/mol. The van der Waals surface area contributed by atoms with Gasteiger partial charge in [-0.2, -0.15) is 0 Å². The summed E-state index contributed by atoms with van der Waals surface area (Å²) >= 11 is 0. The minimum Gasteiger partial charge on any atom is -0.490 e. The fourth-order valence-electron chi connectivity index (χ4n) is 3.33. The molecule has 0 radical (unpaired) electrons. The molecule has 27 heavy (non-hydrogen) atoms. The number of ether oxygens (including phenoxy) is 1. The maximum atomic E-state index is 11.9. The molecule has 4 nitrogen and oxygen atoms in total. The smallest absolute Gasteiger partial charge is 0.251 e. The van der Waals surface area contributed by atoms with Crippen molar-refractivity contribution >= 4 is 5.91 Å². The van der Waals surface area contributed by atoms with Crippen LogP contribution in [0.15, 0.2) is 67.3 Å². The lowest BCUT2D eigenvalue weighted by Gasteiger charge is -2.32. The normalized spacial score (nSPS) is 15.3. The molecular formula is C23H28N2O2. The third-order valence-electron chi connectivity index (χ3n) is 4.92. The molecule has 0 unspecified atom stereocenters. The summed E-state index contributed by atoms with van der Waals surface area (Å²) in [6, 6.07) is 18.0. The summed E-state index contributed by atoms with van der Waals surface area (Å²) in [5, 5.41) is 2.77. The van der Waals surface area contributed by atoms with Crippen LogP contribution in [0, 0.1) is 0 Å². The summed E-state index contributed by atoms with van der Waals surface area (Å²) in [4.78, 5) is 14.4. The maximum Gasteiger partial charge on any atom is 0.251 e. The van der Waals surface area contributed by atoms with E-state index in [9.17, 15) is 4.79 Å². The molecule has 3 rings (SSSR count). The molecule has 1 heterocycles. The van der Waals surface area contributed by atoms with Crippen molar-refractivity contribution in [3.05, 3.63) is 78.4 Å². The van der Waals surface area contributed by atoms with Gasteiger partial charge in [-0.15, -0.1) is 6.58 Å². The largest absolute Gasteiger partial charge is 0.490 e. The van der Waals surface area contributed by atoms with E-state index in [4.69, 9.17) is 4.74 Å². The van der Waals surface area contributed by atoms with Crippen molar-refractivity contribution in [2.45, 2.75) is 25.4 Å². The van der Waals surface area contributed by atoms with E-state index in [1.165, 1.54) is 5.56 Å². The fraction of sp³-hybridized carbons (Fsp3) is 0.348. The number of piperidine rings is 1. The van der Waals surface area contributed by atoms with Crippen molar-refractivity contribution < 1.29 is 9.53 Å². The van der Waals surface area contributed by atoms with Crippen LogP contribution in [0.4, 0.5) is 0 Å². The molecule has 0 spiro atoms. The van der Waals surface area contributed by atoms with Gasteiger partial charge in [-0.3, -0.25) is 4.79 Å². The molecule has 0 atom stereocenters. The lowest BCUT2D eigenvalue weighted by molar-refractivity contribution is 0.0957. The molecule has 1 aliphatic heterocycles. The standard InChI is InChI=1S/C23H28N2O2/c1-2-15-24-23(26)20-8-10-21(11-9-20)27-22-13-17-25(18-14-22)16-12-19-6-4-3-5-7-19/h2-11,22H,1,12-18H2,(H,24,26). The van der Waals surface area contributed by atoms with Gasteiger partial charge in [0.2, 0.25) is 0 Å². The molecule has 1 fully saturated rings. The Bertz CT molecular complexity index is 720. The first-order valence-corrected chi connectivity index (χ1v) is 9.66.